The highest BCUT2D eigenvalue weighted by Gasteiger charge is 2.19. The lowest BCUT2D eigenvalue weighted by atomic mass is 9.98. The van der Waals surface area contributed by atoms with Crippen LogP contribution in [0.25, 0.3) is 77.4 Å². The van der Waals surface area contributed by atoms with Crippen LogP contribution in [0.4, 0.5) is 11.4 Å². The number of fused-ring (bicyclic) bond motifs is 5. The number of aromatic nitrogens is 2. The zero-order valence-corrected chi connectivity index (χ0v) is 25.8. The van der Waals surface area contributed by atoms with Crippen molar-refractivity contribution < 1.29 is 4.42 Å². The normalized spacial score (nSPS) is 11.5. The average Bonchev–Trinajstić information content (AvgIpc) is 3.52. The molecule has 9 rings (SSSR count). The topological polar surface area (TPSA) is 42.2 Å². The van der Waals surface area contributed by atoms with E-state index >= 15 is 0 Å². The molecule has 0 aliphatic carbocycles. The maximum absolute atomic E-state index is 6.59. The zero-order valence-electron chi connectivity index (χ0n) is 25.8. The quantitative estimate of drug-likeness (QED) is 0.196. The molecule has 0 aliphatic rings. The van der Waals surface area contributed by atoms with Crippen LogP contribution in [0.3, 0.4) is 0 Å². The van der Waals surface area contributed by atoms with Crippen LogP contribution in [-0.4, -0.2) is 17.0 Å². The third kappa shape index (κ3) is 4.62. The molecule has 2 heterocycles. The lowest BCUT2D eigenvalue weighted by Gasteiger charge is -2.24. The predicted octanol–water partition coefficient (Wildman–Crippen LogP) is 11.5. The summed E-state index contributed by atoms with van der Waals surface area (Å²) in [6.07, 6.45) is 0. The van der Waals surface area contributed by atoms with E-state index in [1.807, 2.05) is 36.4 Å². The van der Waals surface area contributed by atoms with Gasteiger partial charge < -0.3 is 9.32 Å². The molecule has 7 aromatic carbocycles. The summed E-state index contributed by atoms with van der Waals surface area (Å²) in [5.41, 5.74) is 9.94. The smallest absolute Gasteiger partial charge is 0.164 e. The number of benzene rings is 7. The summed E-state index contributed by atoms with van der Waals surface area (Å²) in [6, 6.07) is 54.9. The number of para-hydroxylation sites is 2. The first-order chi connectivity index (χ1) is 23.2. The molecule has 0 saturated heterocycles. The minimum absolute atomic E-state index is 0.646. The van der Waals surface area contributed by atoms with E-state index in [0.29, 0.717) is 5.82 Å². The lowest BCUT2D eigenvalue weighted by molar-refractivity contribution is 0.669. The molecular weight excluding hydrogens is 574 g/mol. The minimum Gasteiger partial charge on any atom is -0.455 e. The number of rotatable bonds is 5. The fourth-order valence-electron chi connectivity index (χ4n) is 6.68. The van der Waals surface area contributed by atoms with Crippen molar-refractivity contribution >= 4 is 55.0 Å². The first-order valence-corrected chi connectivity index (χ1v) is 15.8. The Morgan fingerprint density at radius 3 is 2.00 bits per heavy atom. The first kappa shape index (κ1) is 27.1. The van der Waals surface area contributed by atoms with Gasteiger partial charge in [-0.15, -0.1) is 0 Å². The highest BCUT2D eigenvalue weighted by molar-refractivity contribution is 6.10. The molecule has 4 nitrogen and oxygen atoms in total. The second kappa shape index (κ2) is 11.0. The molecule has 0 aliphatic heterocycles. The fourth-order valence-corrected chi connectivity index (χ4v) is 6.68. The van der Waals surface area contributed by atoms with Gasteiger partial charge in [0.2, 0.25) is 0 Å². The lowest BCUT2D eigenvalue weighted by Crippen LogP contribution is -2.10. The molecule has 0 radical (unpaired) electrons. The minimum atomic E-state index is 0.646. The molecule has 47 heavy (non-hydrogen) atoms. The van der Waals surface area contributed by atoms with Gasteiger partial charge in [-0.3, -0.25) is 0 Å². The third-order valence-electron chi connectivity index (χ3n) is 9.07. The molecule has 9 aromatic rings. The molecule has 2 aromatic heterocycles. The van der Waals surface area contributed by atoms with Crippen LogP contribution in [0, 0.1) is 0 Å². The number of furan rings is 1. The third-order valence-corrected chi connectivity index (χ3v) is 9.07. The van der Waals surface area contributed by atoms with Crippen LogP contribution in [0.15, 0.2) is 162 Å². The summed E-state index contributed by atoms with van der Waals surface area (Å²) in [4.78, 5) is 12.4. The van der Waals surface area contributed by atoms with E-state index in [-0.39, 0.29) is 0 Å². The molecule has 0 unspecified atom stereocenters. The molecule has 0 amide bonds. The van der Waals surface area contributed by atoms with Gasteiger partial charge in [0.05, 0.1) is 16.8 Å². The second-order valence-corrected chi connectivity index (χ2v) is 11.9. The van der Waals surface area contributed by atoms with Crippen LogP contribution in [0.2, 0.25) is 0 Å². The Bertz CT molecular complexity index is 2590. The molecule has 222 valence electrons. The largest absolute Gasteiger partial charge is 0.455 e. The van der Waals surface area contributed by atoms with E-state index in [9.17, 15) is 0 Å². The van der Waals surface area contributed by atoms with Crippen molar-refractivity contribution in [2.24, 2.45) is 0 Å². The Morgan fingerprint density at radius 2 is 1.19 bits per heavy atom. The van der Waals surface area contributed by atoms with Crippen molar-refractivity contribution in [1.29, 1.82) is 0 Å². The number of hydrogen-bond acceptors (Lipinski definition) is 4. The van der Waals surface area contributed by atoms with Crippen molar-refractivity contribution in [2.45, 2.75) is 0 Å². The maximum Gasteiger partial charge on any atom is 0.164 e. The van der Waals surface area contributed by atoms with Crippen molar-refractivity contribution in [3.63, 3.8) is 0 Å². The van der Waals surface area contributed by atoms with E-state index in [2.05, 4.69) is 133 Å². The first-order valence-electron chi connectivity index (χ1n) is 15.8. The van der Waals surface area contributed by atoms with Crippen molar-refractivity contribution in [1.82, 2.24) is 9.97 Å². The van der Waals surface area contributed by atoms with Gasteiger partial charge in [-0.2, -0.15) is 0 Å². The average molecular weight is 604 g/mol. The highest BCUT2D eigenvalue weighted by Crippen LogP contribution is 2.41. The Hall–Kier alpha value is -6.26. The molecule has 0 saturated carbocycles. The molecule has 4 heteroatoms. The summed E-state index contributed by atoms with van der Waals surface area (Å²) >= 11 is 0. The van der Waals surface area contributed by atoms with Crippen molar-refractivity contribution in [3.05, 3.63) is 158 Å². The summed E-state index contributed by atoms with van der Waals surface area (Å²) in [5, 5.41) is 5.54. The van der Waals surface area contributed by atoms with Crippen LogP contribution in [0.5, 0.6) is 0 Å². The molecule has 0 fully saturated rings. The van der Waals surface area contributed by atoms with Gasteiger partial charge in [-0.1, -0.05) is 115 Å². The number of anilines is 2. The van der Waals surface area contributed by atoms with E-state index in [4.69, 9.17) is 14.4 Å². The Labute approximate surface area is 272 Å². The molecule has 0 N–H and O–H groups in total. The van der Waals surface area contributed by atoms with E-state index in [1.54, 1.807) is 0 Å². The van der Waals surface area contributed by atoms with Gasteiger partial charge in [0.15, 0.2) is 5.82 Å². The van der Waals surface area contributed by atoms with Crippen molar-refractivity contribution in [3.8, 4) is 33.8 Å². The molecule has 0 spiro atoms. The van der Waals surface area contributed by atoms with E-state index in [0.717, 1.165) is 61.0 Å². The standard InChI is InChI=1S/C43H29N3O/c1-46(39-26-31-18-9-8-17-30(31)25-36(39)28-13-4-2-5-14-28)32-23-24-40-37(27-32)33-20-12-21-35(42(33)47-40)43-44-38-22-11-10-19-34(38)41(45-43)29-15-6-3-7-16-29/h2-27H,1H3. The highest BCUT2D eigenvalue weighted by atomic mass is 16.3. The van der Waals surface area contributed by atoms with Gasteiger partial charge in [0.25, 0.3) is 0 Å². The monoisotopic (exact) mass is 603 g/mol. The summed E-state index contributed by atoms with van der Waals surface area (Å²) in [6.45, 7) is 0. The number of hydrogen-bond donors (Lipinski definition) is 0. The fraction of sp³-hybridized carbons (Fsp3) is 0.0233. The summed E-state index contributed by atoms with van der Waals surface area (Å²) in [5.74, 6) is 0.646. The molecule has 0 atom stereocenters. The van der Waals surface area contributed by atoms with E-state index < -0.39 is 0 Å². The SMILES string of the molecule is CN(c1ccc2oc3c(-c4nc(-c5ccccc5)c5ccccc5n4)cccc3c2c1)c1cc2ccccc2cc1-c1ccccc1. The van der Waals surface area contributed by atoms with Gasteiger partial charge in [0, 0.05) is 45.7 Å². The van der Waals surface area contributed by atoms with Gasteiger partial charge >= 0.3 is 0 Å². The maximum atomic E-state index is 6.59. The van der Waals surface area contributed by atoms with Gasteiger partial charge in [-0.25, -0.2) is 9.97 Å². The zero-order chi connectivity index (χ0) is 31.3. The van der Waals surface area contributed by atoms with E-state index in [1.165, 1.54) is 21.9 Å². The van der Waals surface area contributed by atoms with Crippen LogP contribution in [0.1, 0.15) is 0 Å². The predicted molar refractivity (Wildman–Crippen MR) is 195 cm³/mol. The van der Waals surface area contributed by atoms with Crippen LogP contribution in [-0.2, 0) is 0 Å². The Kier molecular flexibility index (Phi) is 6.32. The van der Waals surface area contributed by atoms with Crippen molar-refractivity contribution in [2.75, 3.05) is 11.9 Å². The Balaban J connectivity index is 1.20. The van der Waals surface area contributed by atoms with Gasteiger partial charge in [-0.05, 0) is 58.8 Å². The van der Waals surface area contributed by atoms with Gasteiger partial charge in [0.1, 0.15) is 11.2 Å². The van der Waals surface area contributed by atoms with Crippen LogP contribution < -0.4 is 4.90 Å². The summed E-state index contributed by atoms with van der Waals surface area (Å²) in [7, 11) is 2.14. The second-order valence-electron chi connectivity index (χ2n) is 11.9. The van der Waals surface area contributed by atoms with Crippen LogP contribution >= 0.6 is 0 Å². The number of nitrogens with zero attached hydrogens (tertiary/aromatic N) is 3. The molecular formula is C43H29N3O. The Morgan fingerprint density at radius 1 is 0.511 bits per heavy atom. The molecule has 0 bridgehead atoms. The summed E-state index contributed by atoms with van der Waals surface area (Å²) < 4.78 is 6.59.